The van der Waals surface area contributed by atoms with Gasteiger partial charge in [0.05, 0.1) is 18.0 Å². The van der Waals surface area contributed by atoms with Gasteiger partial charge in [-0.3, -0.25) is 0 Å². The summed E-state index contributed by atoms with van der Waals surface area (Å²) in [5.74, 6) is 0.907. The van der Waals surface area contributed by atoms with E-state index in [1.165, 1.54) is 0 Å². The zero-order valence-corrected chi connectivity index (χ0v) is 12.2. The van der Waals surface area contributed by atoms with E-state index in [1.807, 2.05) is 48.5 Å². The largest absolute Gasteiger partial charge is 0.494 e. The highest BCUT2D eigenvalue weighted by molar-refractivity contribution is 9.10. The molecule has 0 fully saturated rings. The summed E-state index contributed by atoms with van der Waals surface area (Å²) in [5, 5.41) is 3.31. The number of nitrogens with two attached hydrogens (primary N) is 1. The van der Waals surface area contributed by atoms with E-state index < -0.39 is 0 Å². The van der Waals surface area contributed by atoms with E-state index in [0.29, 0.717) is 6.61 Å². The lowest BCUT2D eigenvalue weighted by atomic mass is 10.2. The number of hydrogen-bond acceptors (Lipinski definition) is 3. The molecule has 2 aromatic rings. The number of halogens is 1. The quantitative estimate of drug-likeness (QED) is 0.626. The summed E-state index contributed by atoms with van der Waals surface area (Å²) in [6, 6.07) is 15.6. The molecule has 3 nitrogen and oxygen atoms in total. The van der Waals surface area contributed by atoms with Crippen molar-refractivity contribution in [1.29, 1.82) is 0 Å². The predicted octanol–water partition coefficient (Wildman–Crippen LogP) is 3.91. The van der Waals surface area contributed by atoms with E-state index in [9.17, 15) is 0 Å². The lowest BCUT2D eigenvalue weighted by Gasteiger charge is -2.10. The molecule has 2 rings (SSSR count). The van der Waals surface area contributed by atoms with Gasteiger partial charge in [0.15, 0.2) is 0 Å². The fourth-order valence-electron chi connectivity index (χ4n) is 1.68. The van der Waals surface area contributed by atoms with Gasteiger partial charge in [-0.25, -0.2) is 0 Å². The number of ether oxygens (including phenoxy) is 1. The Bertz CT molecular complexity index is 517. The molecule has 0 unspecified atom stereocenters. The third-order valence-electron chi connectivity index (χ3n) is 2.66. The van der Waals surface area contributed by atoms with E-state index in [1.54, 1.807) is 0 Å². The second kappa shape index (κ2) is 7.04. The number of benzene rings is 2. The summed E-state index contributed by atoms with van der Waals surface area (Å²) in [6.45, 7) is 1.51. The predicted molar refractivity (Wildman–Crippen MR) is 83.6 cm³/mol. The number of anilines is 2. The smallest absolute Gasteiger partial charge is 0.119 e. The molecule has 0 bridgehead atoms. The van der Waals surface area contributed by atoms with Crippen LogP contribution in [0.25, 0.3) is 0 Å². The average Bonchev–Trinajstić information content (AvgIpc) is 2.43. The molecule has 0 saturated carbocycles. The molecule has 0 spiro atoms. The van der Waals surface area contributed by atoms with Gasteiger partial charge in [-0.1, -0.05) is 34.1 Å². The van der Waals surface area contributed by atoms with Gasteiger partial charge in [-0.05, 0) is 36.8 Å². The van der Waals surface area contributed by atoms with Gasteiger partial charge in [-0.15, -0.1) is 0 Å². The van der Waals surface area contributed by atoms with Crippen LogP contribution in [0.15, 0.2) is 53.0 Å². The maximum atomic E-state index is 5.88. The monoisotopic (exact) mass is 320 g/mol. The summed E-state index contributed by atoms with van der Waals surface area (Å²) >= 11 is 3.43. The van der Waals surface area contributed by atoms with Crippen LogP contribution in [-0.4, -0.2) is 13.2 Å². The number of nitrogen functional groups attached to an aromatic ring is 1. The number of rotatable bonds is 6. The van der Waals surface area contributed by atoms with Gasteiger partial charge in [0.1, 0.15) is 5.75 Å². The molecule has 0 amide bonds. The molecule has 100 valence electrons. The van der Waals surface area contributed by atoms with E-state index in [0.717, 1.165) is 34.6 Å². The number of para-hydroxylation sites is 1. The maximum absolute atomic E-state index is 5.88. The lowest BCUT2D eigenvalue weighted by Crippen LogP contribution is -2.08. The maximum Gasteiger partial charge on any atom is 0.119 e. The van der Waals surface area contributed by atoms with Crippen molar-refractivity contribution in [2.24, 2.45) is 0 Å². The Hall–Kier alpha value is -1.68. The summed E-state index contributed by atoms with van der Waals surface area (Å²) < 4.78 is 6.64. The van der Waals surface area contributed by atoms with Crippen molar-refractivity contribution in [1.82, 2.24) is 0 Å². The zero-order valence-electron chi connectivity index (χ0n) is 10.6. The Labute approximate surface area is 121 Å². The molecule has 0 saturated heterocycles. The molecule has 3 N–H and O–H groups in total. The fraction of sp³-hybridized carbons (Fsp3) is 0.200. The van der Waals surface area contributed by atoms with Crippen LogP contribution in [0.4, 0.5) is 11.4 Å². The first-order valence-electron chi connectivity index (χ1n) is 6.22. The topological polar surface area (TPSA) is 47.3 Å². The standard InChI is InChI=1S/C15H17BrN2O/c16-12-7-8-14(17)15(11-12)18-9-4-10-19-13-5-2-1-3-6-13/h1-3,5-8,11,18H,4,9-10,17H2. The SMILES string of the molecule is Nc1ccc(Br)cc1NCCCOc1ccccc1. The Balaban J connectivity index is 1.71. The minimum absolute atomic E-state index is 0.685. The highest BCUT2D eigenvalue weighted by Crippen LogP contribution is 2.23. The minimum atomic E-state index is 0.685. The molecule has 4 heteroatoms. The number of hydrogen-bond donors (Lipinski definition) is 2. The van der Waals surface area contributed by atoms with Crippen molar-refractivity contribution in [2.75, 3.05) is 24.2 Å². The Morgan fingerprint density at radius 2 is 1.89 bits per heavy atom. The minimum Gasteiger partial charge on any atom is -0.494 e. The Morgan fingerprint density at radius 1 is 1.11 bits per heavy atom. The molecule has 0 heterocycles. The van der Waals surface area contributed by atoms with Gasteiger partial charge in [0.25, 0.3) is 0 Å². The first-order valence-corrected chi connectivity index (χ1v) is 7.02. The molecular formula is C15H17BrN2O. The highest BCUT2D eigenvalue weighted by atomic mass is 79.9. The molecule has 0 atom stereocenters. The summed E-state index contributed by atoms with van der Waals surface area (Å²) in [5.41, 5.74) is 7.59. The van der Waals surface area contributed by atoms with Crippen LogP contribution in [0.5, 0.6) is 5.75 Å². The van der Waals surface area contributed by atoms with Crippen molar-refractivity contribution in [3.63, 3.8) is 0 Å². The van der Waals surface area contributed by atoms with Crippen molar-refractivity contribution < 1.29 is 4.74 Å². The average molecular weight is 321 g/mol. The van der Waals surface area contributed by atoms with Crippen LogP contribution in [0, 0.1) is 0 Å². The van der Waals surface area contributed by atoms with Crippen LogP contribution >= 0.6 is 15.9 Å². The molecule has 0 aliphatic carbocycles. The highest BCUT2D eigenvalue weighted by Gasteiger charge is 1.99. The lowest BCUT2D eigenvalue weighted by molar-refractivity contribution is 0.315. The number of nitrogens with one attached hydrogen (secondary N) is 1. The van der Waals surface area contributed by atoms with Gasteiger partial charge in [0.2, 0.25) is 0 Å². The second-order valence-corrected chi connectivity index (χ2v) is 5.09. The Kier molecular flexibility index (Phi) is 5.10. The van der Waals surface area contributed by atoms with E-state index >= 15 is 0 Å². The van der Waals surface area contributed by atoms with Crippen LogP contribution in [0.2, 0.25) is 0 Å². The first-order chi connectivity index (χ1) is 9.25. The van der Waals surface area contributed by atoms with E-state index in [2.05, 4.69) is 21.2 Å². The molecule has 2 aromatic carbocycles. The van der Waals surface area contributed by atoms with Gasteiger partial charge < -0.3 is 15.8 Å². The van der Waals surface area contributed by atoms with Crippen LogP contribution in [-0.2, 0) is 0 Å². The van der Waals surface area contributed by atoms with Gasteiger partial charge in [0, 0.05) is 11.0 Å². The molecular weight excluding hydrogens is 304 g/mol. The normalized spacial score (nSPS) is 10.2. The van der Waals surface area contributed by atoms with Crippen LogP contribution < -0.4 is 15.8 Å². The molecule has 0 aromatic heterocycles. The summed E-state index contributed by atoms with van der Waals surface area (Å²) in [4.78, 5) is 0. The summed E-state index contributed by atoms with van der Waals surface area (Å²) in [7, 11) is 0. The first kappa shape index (κ1) is 13.7. The van der Waals surface area contributed by atoms with Gasteiger partial charge in [-0.2, -0.15) is 0 Å². The zero-order chi connectivity index (χ0) is 13.5. The van der Waals surface area contributed by atoms with Crippen molar-refractivity contribution in [3.05, 3.63) is 53.0 Å². The van der Waals surface area contributed by atoms with E-state index in [4.69, 9.17) is 10.5 Å². The van der Waals surface area contributed by atoms with Crippen molar-refractivity contribution >= 4 is 27.3 Å². The third-order valence-corrected chi connectivity index (χ3v) is 3.16. The Morgan fingerprint density at radius 3 is 2.68 bits per heavy atom. The fourth-order valence-corrected chi connectivity index (χ4v) is 2.04. The third kappa shape index (κ3) is 4.48. The van der Waals surface area contributed by atoms with Crippen molar-refractivity contribution in [2.45, 2.75) is 6.42 Å². The van der Waals surface area contributed by atoms with E-state index in [-0.39, 0.29) is 0 Å². The van der Waals surface area contributed by atoms with Crippen LogP contribution in [0.1, 0.15) is 6.42 Å². The second-order valence-electron chi connectivity index (χ2n) is 4.17. The van der Waals surface area contributed by atoms with Gasteiger partial charge >= 0.3 is 0 Å². The molecule has 0 aliphatic heterocycles. The molecule has 19 heavy (non-hydrogen) atoms. The van der Waals surface area contributed by atoms with Crippen molar-refractivity contribution in [3.8, 4) is 5.75 Å². The molecule has 0 radical (unpaired) electrons. The molecule has 0 aliphatic rings. The summed E-state index contributed by atoms with van der Waals surface area (Å²) in [6.07, 6.45) is 0.918. The van der Waals surface area contributed by atoms with Crippen LogP contribution in [0.3, 0.4) is 0 Å².